The number of ether oxygens (including phenoxy) is 2. The summed E-state index contributed by atoms with van der Waals surface area (Å²) in [6, 6.07) is 3.75. The summed E-state index contributed by atoms with van der Waals surface area (Å²) in [7, 11) is -3.60. The molecular weight excluding hydrogens is 458 g/mol. The van der Waals surface area contributed by atoms with E-state index in [2.05, 4.69) is 14.8 Å². The average molecular weight is 483 g/mol. The maximum atomic E-state index is 13.0. The molecule has 12 nitrogen and oxygen atoms in total. The first-order chi connectivity index (χ1) is 15.6. The third-order valence-electron chi connectivity index (χ3n) is 4.92. The molecule has 3 rings (SSSR count). The number of hydrogen-bond donors (Lipinski definition) is 2. The van der Waals surface area contributed by atoms with Crippen LogP contribution in [0.1, 0.15) is 40.5 Å². The number of amides is 4. The van der Waals surface area contributed by atoms with E-state index in [0.717, 1.165) is 11.2 Å². The fourth-order valence-corrected chi connectivity index (χ4v) is 4.12. The lowest BCUT2D eigenvalue weighted by Crippen LogP contribution is -2.54. The minimum Gasteiger partial charge on any atom is -0.382 e. The Morgan fingerprint density at radius 1 is 1.15 bits per heavy atom. The van der Waals surface area contributed by atoms with Crippen LogP contribution in [0.4, 0.5) is 5.69 Å². The summed E-state index contributed by atoms with van der Waals surface area (Å²) in [6.45, 7) is 2.31. The van der Waals surface area contributed by atoms with Crippen molar-refractivity contribution in [2.75, 3.05) is 37.9 Å². The van der Waals surface area contributed by atoms with Crippen LogP contribution in [0.5, 0.6) is 0 Å². The predicted octanol–water partition coefficient (Wildman–Crippen LogP) is -0.145. The number of anilines is 1. The van der Waals surface area contributed by atoms with Crippen molar-refractivity contribution < 1.29 is 41.3 Å². The Balaban J connectivity index is 1.51. The Bertz CT molecular complexity index is 1060. The van der Waals surface area contributed by atoms with Gasteiger partial charge in [-0.2, -0.15) is 8.42 Å². The van der Waals surface area contributed by atoms with Crippen molar-refractivity contribution in [1.29, 1.82) is 0 Å². The third kappa shape index (κ3) is 6.13. The fraction of sp³-hybridized carbons (Fsp3) is 0.500. The topological polar surface area (TPSA) is 157 Å². The first-order valence-corrected chi connectivity index (χ1v) is 12.1. The molecule has 0 saturated carbocycles. The monoisotopic (exact) mass is 483 g/mol. The van der Waals surface area contributed by atoms with Gasteiger partial charge in [0, 0.05) is 18.7 Å². The molecule has 4 amide bonds. The smallest absolute Gasteiger partial charge is 0.266 e. The van der Waals surface area contributed by atoms with Gasteiger partial charge in [-0.15, -0.1) is 0 Å². The number of benzene rings is 1. The third-order valence-corrected chi connectivity index (χ3v) is 5.54. The second-order valence-electron chi connectivity index (χ2n) is 7.45. The highest BCUT2D eigenvalue weighted by atomic mass is 32.2. The second kappa shape index (κ2) is 10.4. The molecule has 13 heteroatoms. The fourth-order valence-electron chi connectivity index (χ4n) is 3.57. The minimum absolute atomic E-state index is 0.0507. The molecule has 0 radical (unpaired) electrons. The van der Waals surface area contributed by atoms with Crippen molar-refractivity contribution in [3.05, 3.63) is 29.3 Å². The number of rotatable bonds is 11. The van der Waals surface area contributed by atoms with Crippen molar-refractivity contribution in [2.24, 2.45) is 0 Å². The molecule has 0 aromatic heterocycles. The van der Waals surface area contributed by atoms with Gasteiger partial charge >= 0.3 is 0 Å². The van der Waals surface area contributed by atoms with Gasteiger partial charge in [-0.1, -0.05) is 6.07 Å². The summed E-state index contributed by atoms with van der Waals surface area (Å²) in [6.07, 6.45) is 0.139. The van der Waals surface area contributed by atoms with E-state index in [0.29, 0.717) is 12.2 Å². The number of carbonyl (C=O) groups is 4. The van der Waals surface area contributed by atoms with E-state index in [4.69, 9.17) is 9.47 Å². The second-order valence-corrected chi connectivity index (χ2v) is 9.05. The zero-order chi connectivity index (χ0) is 24.2. The van der Waals surface area contributed by atoms with E-state index >= 15 is 0 Å². The molecule has 2 N–H and O–H groups in total. The number of nitrogens with zero attached hydrogens (tertiary/aromatic N) is 1. The zero-order valence-corrected chi connectivity index (χ0v) is 19.0. The molecule has 0 bridgehead atoms. The Hall–Kier alpha value is -2.87. The Labute approximate surface area is 190 Å². The van der Waals surface area contributed by atoms with Crippen LogP contribution in [0, 0.1) is 0 Å². The van der Waals surface area contributed by atoms with Crippen LogP contribution in [0.3, 0.4) is 0 Å². The van der Waals surface area contributed by atoms with Gasteiger partial charge in [0.25, 0.3) is 21.9 Å². The molecule has 1 aromatic carbocycles. The molecule has 1 fully saturated rings. The predicted molar refractivity (Wildman–Crippen MR) is 114 cm³/mol. The van der Waals surface area contributed by atoms with Crippen LogP contribution < -0.4 is 10.6 Å². The highest BCUT2D eigenvalue weighted by Gasteiger charge is 2.45. The number of nitrogens with one attached hydrogen (secondary N) is 2. The van der Waals surface area contributed by atoms with Crippen LogP contribution >= 0.6 is 0 Å². The molecule has 0 aliphatic carbocycles. The van der Waals surface area contributed by atoms with E-state index in [1.54, 1.807) is 12.1 Å². The quantitative estimate of drug-likeness (QED) is 0.188. The number of piperidine rings is 1. The number of fused-ring (bicyclic) bond motifs is 1. The standard InChI is InChI=1S/C20H25N3O9S/c1-12(32-33(2,28)29)31-11-10-30-9-8-21-14-5-3-4-13-17(14)20(27)23(19(13)26)15-6-7-16(24)22-18(15)25/h3-5,12,15,21H,6-11H2,1-2H3,(H,22,24,25). The van der Waals surface area contributed by atoms with E-state index in [1.165, 1.54) is 13.0 Å². The van der Waals surface area contributed by atoms with Crippen molar-refractivity contribution in [2.45, 2.75) is 32.1 Å². The van der Waals surface area contributed by atoms with Gasteiger partial charge in [-0.25, -0.2) is 4.18 Å². The van der Waals surface area contributed by atoms with E-state index in [-0.39, 0.29) is 43.8 Å². The Kier molecular flexibility index (Phi) is 7.79. The van der Waals surface area contributed by atoms with Crippen molar-refractivity contribution in [1.82, 2.24) is 10.2 Å². The highest BCUT2D eigenvalue weighted by Crippen LogP contribution is 2.32. The van der Waals surface area contributed by atoms with Crippen LogP contribution in [0.2, 0.25) is 0 Å². The van der Waals surface area contributed by atoms with Crippen LogP contribution in [0.25, 0.3) is 0 Å². The highest BCUT2D eigenvalue weighted by molar-refractivity contribution is 7.86. The van der Waals surface area contributed by atoms with E-state index in [9.17, 15) is 27.6 Å². The molecule has 1 saturated heterocycles. The molecule has 2 aliphatic heterocycles. The van der Waals surface area contributed by atoms with Crippen LogP contribution in [-0.2, 0) is 33.4 Å². The lowest BCUT2D eigenvalue weighted by atomic mass is 10.0. The van der Waals surface area contributed by atoms with Crippen molar-refractivity contribution in [3.63, 3.8) is 0 Å². The van der Waals surface area contributed by atoms with Gasteiger partial charge in [-0.3, -0.25) is 29.4 Å². The lowest BCUT2D eigenvalue weighted by Gasteiger charge is -2.27. The molecule has 180 valence electrons. The number of carbonyl (C=O) groups excluding carboxylic acids is 4. The van der Waals surface area contributed by atoms with Gasteiger partial charge in [0.2, 0.25) is 11.8 Å². The summed E-state index contributed by atoms with van der Waals surface area (Å²) in [5.41, 5.74) is 0.779. The molecular formula is C20H25N3O9S. The summed E-state index contributed by atoms with van der Waals surface area (Å²) >= 11 is 0. The maximum Gasteiger partial charge on any atom is 0.266 e. The van der Waals surface area contributed by atoms with Gasteiger partial charge in [0.15, 0.2) is 6.29 Å². The molecule has 2 aliphatic rings. The first-order valence-electron chi connectivity index (χ1n) is 10.2. The largest absolute Gasteiger partial charge is 0.382 e. The van der Waals surface area contributed by atoms with E-state index in [1.807, 2.05) is 0 Å². The lowest BCUT2D eigenvalue weighted by molar-refractivity contribution is -0.136. The normalized spacial score (nSPS) is 19.5. The Morgan fingerprint density at radius 2 is 1.91 bits per heavy atom. The summed E-state index contributed by atoms with van der Waals surface area (Å²) in [5, 5.41) is 5.21. The SMILES string of the molecule is CC(OCCOCCNc1cccc2c1C(=O)N(C1CCC(=O)NC1=O)C2=O)OS(C)(=O)=O. The van der Waals surface area contributed by atoms with Gasteiger partial charge in [0.05, 0.1) is 37.2 Å². The molecule has 1 aromatic rings. The van der Waals surface area contributed by atoms with Crippen LogP contribution in [0.15, 0.2) is 18.2 Å². The van der Waals surface area contributed by atoms with Crippen LogP contribution in [-0.4, -0.2) is 81.9 Å². The van der Waals surface area contributed by atoms with E-state index < -0.39 is 46.1 Å². The molecule has 33 heavy (non-hydrogen) atoms. The summed E-state index contributed by atoms with van der Waals surface area (Å²) in [4.78, 5) is 50.3. The van der Waals surface area contributed by atoms with Gasteiger partial charge in [-0.05, 0) is 25.5 Å². The average Bonchev–Trinajstić information content (AvgIpc) is 2.97. The molecule has 2 atom stereocenters. The van der Waals surface area contributed by atoms with Crippen molar-refractivity contribution >= 4 is 39.4 Å². The molecule has 2 heterocycles. The van der Waals surface area contributed by atoms with Crippen molar-refractivity contribution in [3.8, 4) is 0 Å². The maximum absolute atomic E-state index is 13.0. The Morgan fingerprint density at radius 3 is 2.61 bits per heavy atom. The first kappa shape index (κ1) is 24.8. The molecule has 2 unspecified atom stereocenters. The minimum atomic E-state index is -3.60. The summed E-state index contributed by atoms with van der Waals surface area (Å²) in [5.74, 6) is -2.27. The number of hydrogen-bond acceptors (Lipinski definition) is 10. The summed E-state index contributed by atoms with van der Waals surface area (Å²) < 4.78 is 37.2. The van der Waals surface area contributed by atoms with Gasteiger partial charge in [0.1, 0.15) is 6.04 Å². The molecule has 0 spiro atoms. The van der Waals surface area contributed by atoms with Gasteiger partial charge < -0.3 is 14.8 Å². The number of imide groups is 2. The zero-order valence-electron chi connectivity index (χ0n) is 18.2.